The van der Waals surface area contributed by atoms with Crippen molar-refractivity contribution in [1.29, 1.82) is 0 Å². The molecule has 0 fully saturated rings. The number of ether oxygens (including phenoxy) is 2. The quantitative estimate of drug-likeness (QED) is 0.268. The molecule has 3 rings (SSSR count). The number of nitrogens with zero attached hydrogens (tertiary/aromatic N) is 3. The number of aromatic nitrogens is 3. The average Bonchev–Trinajstić information content (AvgIpc) is 3.37. The summed E-state index contributed by atoms with van der Waals surface area (Å²) in [7, 11) is 0. The molecule has 1 aromatic heterocycles. The van der Waals surface area contributed by atoms with E-state index >= 15 is 0 Å². The van der Waals surface area contributed by atoms with Crippen molar-refractivity contribution in [2.24, 2.45) is 0 Å². The van der Waals surface area contributed by atoms with Gasteiger partial charge in [0.05, 0.1) is 19.4 Å². The van der Waals surface area contributed by atoms with E-state index < -0.39 is 42.8 Å². The second kappa shape index (κ2) is 12.9. The van der Waals surface area contributed by atoms with Gasteiger partial charge in [-0.25, -0.2) is 17.9 Å². The molecule has 2 N–H and O–H groups in total. The van der Waals surface area contributed by atoms with E-state index in [1.807, 2.05) is 0 Å². The van der Waals surface area contributed by atoms with Crippen LogP contribution in [0.25, 0.3) is 5.69 Å². The zero-order chi connectivity index (χ0) is 27.7. The van der Waals surface area contributed by atoms with Crippen molar-refractivity contribution in [2.45, 2.75) is 12.7 Å². The van der Waals surface area contributed by atoms with Crippen LogP contribution in [0.1, 0.15) is 26.4 Å². The molecule has 0 aliphatic rings. The molecule has 9 nitrogen and oxygen atoms in total. The second-order valence-electron chi connectivity index (χ2n) is 7.61. The van der Waals surface area contributed by atoms with Gasteiger partial charge < -0.3 is 20.1 Å². The molecule has 1 heterocycles. The molecule has 0 aliphatic carbocycles. The monoisotopic (exact) mass is 545 g/mol. The lowest BCUT2D eigenvalue weighted by molar-refractivity contribution is -0.123. The van der Waals surface area contributed by atoms with Crippen LogP contribution in [0.15, 0.2) is 42.6 Å². The van der Waals surface area contributed by atoms with Crippen LogP contribution < -0.4 is 15.4 Å². The van der Waals surface area contributed by atoms with Crippen molar-refractivity contribution in [2.75, 3.05) is 33.0 Å². The van der Waals surface area contributed by atoms with E-state index in [1.54, 1.807) is 5.32 Å². The van der Waals surface area contributed by atoms with Gasteiger partial charge >= 0.3 is 6.18 Å². The van der Waals surface area contributed by atoms with Gasteiger partial charge in [-0.3, -0.25) is 9.59 Å². The molecule has 0 radical (unpaired) electrons. The van der Waals surface area contributed by atoms with E-state index in [0.717, 1.165) is 16.8 Å². The number of alkyl halides is 4. The van der Waals surface area contributed by atoms with Gasteiger partial charge in [-0.15, -0.1) is 5.10 Å². The molecule has 0 unspecified atom stereocenters. The van der Waals surface area contributed by atoms with Crippen molar-refractivity contribution in [3.63, 3.8) is 0 Å². The lowest BCUT2D eigenvalue weighted by Gasteiger charge is -2.14. The molecule has 0 saturated carbocycles. The fraction of sp³-hybridized carbons (Fsp3) is 0.304. The molecule has 38 heavy (non-hydrogen) atoms. The first-order chi connectivity index (χ1) is 18.1. The molecule has 204 valence electrons. The second-order valence-corrected chi connectivity index (χ2v) is 7.61. The van der Waals surface area contributed by atoms with E-state index in [1.165, 1.54) is 30.5 Å². The number of benzene rings is 2. The summed E-state index contributed by atoms with van der Waals surface area (Å²) in [6.07, 6.45) is -3.39. The highest BCUT2D eigenvalue weighted by atomic mass is 19.4. The molecule has 0 bridgehead atoms. The minimum Gasteiger partial charge on any atom is -0.489 e. The molecule has 2 amide bonds. The van der Waals surface area contributed by atoms with Gasteiger partial charge in [0.2, 0.25) is 0 Å². The zero-order valence-corrected chi connectivity index (χ0v) is 19.5. The Morgan fingerprint density at radius 2 is 1.74 bits per heavy atom. The predicted octanol–water partition coefficient (Wildman–Crippen LogP) is 3.13. The molecular formula is C23H21F6N5O4. The highest BCUT2D eigenvalue weighted by molar-refractivity contribution is 5.95. The molecular weight excluding hydrogens is 524 g/mol. The summed E-state index contributed by atoms with van der Waals surface area (Å²) in [5.41, 5.74) is 0.170. The van der Waals surface area contributed by atoms with Gasteiger partial charge in [-0.05, 0) is 35.9 Å². The smallest absolute Gasteiger partial charge is 0.405 e. The Morgan fingerprint density at radius 1 is 0.947 bits per heavy atom. The minimum atomic E-state index is -4.61. The summed E-state index contributed by atoms with van der Waals surface area (Å²) in [5, 5.41) is 11.8. The Hall–Kier alpha value is -4.14. The highest BCUT2D eigenvalue weighted by Crippen LogP contribution is 2.25. The fourth-order valence-electron chi connectivity index (χ4n) is 3.02. The van der Waals surface area contributed by atoms with E-state index in [4.69, 9.17) is 9.47 Å². The first-order valence-electron chi connectivity index (χ1n) is 11.0. The van der Waals surface area contributed by atoms with Crippen molar-refractivity contribution in [3.8, 4) is 11.4 Å². The summed E-state index contributed by atoms with van der Waals surface area (Å²) < 4.78 is 87.7. The van der Waals surface area contributed by atoms with Gasteiger partial charge in [0.25, 0.3) is 11.8 Å². The fourth-order valence-corrected chi connectivity index (χ4v) is 3.02. The van der Waals surface area contributed by atoms with Crippen LogP contribution in [0.4, 0.5) is 26.3 Å². The standard InChI is InChI=1S/C23H21F6N5O4/c24-5-6-37-7-8-38-20-10-15(21(35)31-13-23(27,28)29)2-4-19(20)34-12-18(32-33-34)22(36)30-11-14-1-3-16(25)17(26)9-14/h1-4,9-10,12H,5-8,11,13H2,(H,30,36)(H,31,35). The number of carbonyl (C=O) groups excluding carboxylic acids is 2. The third-order valence-electron chi connectivity index (χ3n) is 4.79. The number of hydrogen-bond acceptors (Lipinski definition) is 6. The summed E-state index contributed by atoms with van der Waals surface area (Å²) in [6, 6.07) is 6.85. The Bertz CT molecular complexity index is 1270. The third-order valence-corrected chi connectivity index (χ3v) is 4.79. The molecule has 0 atom stereocenters. The van der Waals surface area contributed by atoms with Crippen molar-refractivity contribution in [3.05, 3.63) is 71.1 Å². The molecule has 0 saturated heterocycles. The number of hydrogen-bond donors (Lipinski definition) is 2. The van der Waals surface area contributed by atoms with Gasteiger partial charge in [-0.2, -0.15) is 13.2 Å². The Morgan fingerprint density at radius 3 is 2.45 bits per heavy atom. The summed E-state index contributed by atoms with van der Waals surface area (Å²) in [5.74, 6) is -3.80. The van der Waals surface area contributed by atoms with Gasteiger partial charge in [-0.1, -0.05) is 11.3 Å². The normalized spacial score (nSPS) is 11.3. The van der Waals surface area contributed by atoms with Crippen LogP contribution >= 0.6 is 0 Å². The third kappa shape index (κ3) is 8.19. The number of rotatable bonds is 12. The first kappa shape index (κ1) is 28.4. The Labute approximate surface area is 211 Å². The van der Waals surface area contributed by atoms with Crippen molar-refractivity contribution < 1.29 is 45.4 Å². The van der Waals surface area contributed by atoms with E-state index in [-0.39, 0.29) is 49.1 Å². The van der Waals surface area contributed by atoms with E-state index in [9.17, 15) is 35.9 Å². The number of halogens is 6. The maximum absolute atomic E-state index is 13.4. The first-order valence-corrected chi connectivity index (χ1v) is 11.0. The molecule has 0 spiro atoms. The molecule has 2 aromatic carbocycles. The highest BCUT2D eigenvalue weighted by Gasteiger charge is 2.28. The lowest BCUT2D eigenvalue weighted by Crippen LogP contribution is -2.33. The van der Waals surface area contributed by atoms with Crippen LogP contribution in [0.3, 0.4) is 0 Å². The average molecular weight is 545 g/mol. The maximum atomic E-state index is 13.4. The van der Waals surface area contributed by atoms with Crippen LogP contribution in [0.2, 0.25) is 0 Å². The lowest BCUT2D eigenvalue weighted by atomic mass is 10.1. The SMILES string of the molecule is O=C(NCC(F)(F)F)c1ccc(-n2cc(C(=O)NCc3ccc(F)c(F)c3)nn2)c(OCCOCCF)c1. The summed E-state index contributed by atoms with van der Waals surface area (Å²) in [6.45, 7) is -2.66. The maximum Gasteiger partial charge on any atom is 0.405 e. The number of amides is 2. The van der Waals surface area contributed by atoms with E-state index in [0.29, 0.717) is 5.56 Å². The summed E-state index contributed by atoms with van der Waals surface area (Å²) in [4.78, 5) is 24.6. The zero-order valence-electron chi connectivity index (χ0n) is 19.5. The van der Waals surface area contributed by atoms with Crippen LogP contribution in [-0.2, 0) is 11.3 Å². The van der Waals surface area contributed by atoms with Crippen LogP contribution in [-0.4, -0.2) is 66.0 Å². The Balaban J connectivity index is 1.75. The van der Waals surface area contributed by atoms with Crippen molar-refractivity contribution in [1.82, 2.24) is 25.6 Å². The number of carbonyl (C=O) groups is 2. The van der Waals surface area contributed by atoms with Gasteiger partial charge in [0.1, 0.15) is 31.3 Å². The Kier molecular flexibility index (Phi) is 9.65. The van der Waals surface area contributed by atoms with Gasteiger partial charge in [0, 0.05) is 12.1 Å². The predicted molar refractivity (Wildman–Crippen MR) is 120 cm³/mol. The van der Waals surface area contributed by atoms with Gasteiger partial charge in [0.15, 0.2) is 17.3 Å². The molecule has 0 aliphatic heterocycles. The van der Waals surface area contributed by atoms with Crippen molar-refractivity contribution >= 4 is 11.8 Å². The molecule has 3 aromatic rings. The summed E-state index contributed by atoms with van der Waals surface area (Å²) >= 11 is 0. The topological polar surface area (TPSA) is 107 Å². The molecule has 15 heteroatoms. The van der Waals surface area contributed by atoms with Crippen LogP contribution in [0.5, 0.6) is 5.75 Å². The van der Waals surface area contributed by atoms with E-state index in [2.05, 4.69) is 15.6 Å². The van der Waals surface area contributed by atoms with Crippen LogP contribution in [0, 0.1) is 11.6 Å². The number of nitrogens with one attached hydrogen (secondary N) is 2. The largest absolute Gasteiger partial charge is 0.489 e. The minimum absolute atomic E-state index is 0.00727.